The summed E-state index contributed by atoms with van der Waals surface area (Å²) in [4.78, 5) is 31.0. The zero-order chi connectivity index (χ0) is 20.1. The predicted molar refractivity (Wildman–Crippen MR) is 114 cm³/mol. The summed E-state index contributed by atoms with van der Waals surface area (Å²) in [7, 11) is -3.81. The number of anilines is 1. The number of amides is 1. The van der Waals surface area contributed by atoms with Gasteiger partial charge in [0.1, 0.15) is 5.25 Å². The van der Waals surface area contributed by atoms with Crippen molar-refractivity contribution in [1.82, 2.24) is 9.97 Å². The van der Waals surface area contributed by atoms with Crippen molar-refractivity contribution in [3.05, 3.63) is 82.8 Å². The third-order valence-corrected chi connectivity index (χ3v) is 5.75. The third kappa shape index (κ3) is 6.16. The highest BCUT2D eigenvalue weighted by molar-refractivity contribution is 8.00. The maximum Gasteiger partial charge on any atom is 0.251 e. The largest absolute Gasteiger partial charge is 0.325 e. The first-order chi connectivity index (χ1) is 13.3. The summed E-state index contributed by atoms with van der Waals surface area (Å²) in [6, 6.07) is 15.8. The topological polar surface area (TPSA) is 135 Å². The number of aromatic nitrogens is 2. The number of hydrogen-bond acceptors (Lipinski definition) is 6. The Hall–Kier alpha value is -2.66. The first-order valence-corrected chi connectivity index (χ1v) is 10.5. The summed E-state index contributed by atoms with van der Waals surface area (Å²) < 4.78 is 22.7. The molecule has 1 heterocycles. The van der Waals surface area contributed by atoms with E-state index in [0.29, 0.717) is 10.8 Å². The van der Waals surface area contributed by atoms with E-state index in [2.05, 4.69) is 15.3 Å². The molecular formula is C18H17ClN4O4S2. The number of primary sulfonamides is 1. The molecule has 0 bridgehead atoms. The molecule has 3 aromatic rings. The molecule has 29 heavy (non-hydrogen) atoms. The molecule has 0 fully saturated rings. The quantitative estimate of drug-likeness (QED) is 0.388. The van der Waals surface area contributed by atoms with E-state index < -0.39 is 15.3 Å². The van der Waals surface area contributed by atoms with Crippen LogP contribution in [0.15, 0.2) is 81.7 Å². The molecule has 1 unspecified atom stereocenters. The Balaban J connectivity index is 0.00000300. The smallest absolute Gasteiger partial charge is 0.251 e. The van der Waals surface area contributed by atoms with Crippen LogP contribution in [0.3, 0.4) is 0 Å². The fourth-order valence-corrected chi connectivity index (χ4v) is 3.84. The lowest BCUT2D eigenvalue weighted by Gasteiger charge is -2.16. The van der Waals surface area contributed by atoms with Gasteiger partial charge in [0.15, 0.2) is 5.16 Å². The van der Waals surface area contributed by atoms with E-state index in [9.17, 15) is 18.0 Å². The Morgan fingerprint density at radius 3 is 2.31 bits per heavy atom. The van der Waals surface area contributed by atoms with Crippen LogP contribution >= 0.6 is 24.2 Å². The molecule has 1 amide bonds. The Kier molecular flexibility index (Phi) is 7.57. The van der Waals surface area contributed by atoms with Crippen LogP contribution in [0.5, 0.6) is 0 Å². The molecular weight excluding hydrogens is 436 g/mol. The number of rotatable bonds is 6. The lowest BCUT2D eigenvalue weighted by molar-refractivity contribution is -0.115. The van der Waals surface area contributed by atoms with E-state index in [0.717, 1.165) is 17.3 Å². The lowest BCUT2D eigenvalue weighted by Crippen LogP contribution is -2.20. The number of sulfonamides is 1. The number of halogens is 1. The molecule has 0 saturated carbocycles. The molecule has 4 N–H and O–H groups in total. The summed E-state index contributed by atoms with van der Waals surface area (Å²) in [5, 5.41) is 7.43. The highest BCUT2D eigenvalue weighted by Crippen LogP contribution is 2.34. The summed E-state index contributed by atoms with van der Waals surface area (Å²) in [5.74, 6) is -0.356. The normalized spacial score (nSPS) is 11.9. The van der Waals surface area contributed by atoms with Crippen molar-refractivity contribution in [2.24, 2.45) is 5.14 Å². The Labute approximate surface area is 177 Å². The van der Waals surface area contributed by atoms with Gasteiger partial charge in [-0.05, 0) is 29.8 Å². The van der Waals surface area contributed by atoms with Crippen LogP contribution in [-0.4, -0.2) is 24.3 Å². The zero-order valence-electron chi connectivity index (χ0n) is 14.8. The minimum atomic E-state index is -3.81. The number of hydrogen-bond donors (Lipinski definition) is 3. The van der Waals surface area contributed by atoms with Gasteiger partial charge in [-0.2, -0.15) is 0 Å². The van der Waals surface area contributed by atoms with Crippen molar-refractivity contribution < 1.29 is 13.2 Å². The summed E-state index contributed by atoms with van der Waals surface area (Å²) in [6.07, 6.45) is 1.37. The molecule has 1 aromatic heterocycles. The van der Waals surface area contributed by atoms with Gasteiger partial charge in [-0.3, -0.25) is 9.59 Å². The molecule has 0 spiro atoms. The second-order valence-electron chi connectivity index (χ2n) is 5.71. The number of nitrogens with two attached hydrogens (primary N) is 1. The van der Waals surface area contributed by atoms with Crippen LogP contribution in [0.4, 0.5) is 5.69 Å². The average molecular weight is 453 g/mol. The van der Waals surface area contributed by atoms with Gasteiger partial charge in [-0.15, -0.1) is 12.4 Å². The molecule has 0 aliphatic carbocycles. The Morgan fingerprint density at radius 1 is 1.07 bits per heavy atom. The highest BCUT2D eigenvalue weighted by atomic mass is 35.5. The number of thioether (sulfide) groups is 1. The van der Waals surface area contributed by atoms with E-state index in [4.69, 9.17) is 5.14 Å². The molecule has 0 saturated heterocycles. The Bertz CT molecular complexity index is 1140. The third-order valence-electron chi connectivity index (χ3n) is 3.67. The highest BCUT2D eigenvalue weighted by Gasteiger charge is 2.23. The van der Waals surface area contributed by atoms with Crippen LogP contribution in [0, 0.1) is 0 Å². The number of aromatic amines is 1. The van der Waals surface area contributed by atoms with Crippen molar-refractivity contribution in [2.75, 3.05) is 5.32 Å². The molecule has 2 aromatic carbocycles. The number of nitrogens with one attached hydrogen (secondary N) is 2. The van der Waals surface area contributed by atoms with Crippen molar-refractivity contribution in [2.45, 2.75) is 15.3 Å². The zero-order valence-corrected chi connectivity index (χ0v) is 17.3. The minimum Gasteiger partial charge on any atom is -0.325 e. The van der Waals surface area contributed by atoms with Crippen LogP contribution in [0.1, 0.15) is 10.8 Å². The van der Waals surface area contributed by atoms with Crippen LogP contribution < -0.4 is 16.0 Å². The van der Waals surface area contributed by atoms with Gasteiger partial charge in [-0.25, -0.2) is 18.5 Å². The van der Waals surface area contributed by atoms with E-state index in [-0.39, 0.29) is 28.8 Å². The average Bonchev–Trinajstić information content (AvgIpc) is 2.66. The predicted octanol–water partition coefficient (Wildman–Crippen LogP) is 2.31. The van der Waals surface area contributed by atoms with Gasteiger partial charge in [0.25, 0.3) is 5.56 Å². The number of nitrogens with zero attached hydrogens (tertiary/aromatic N) is 1. The van der Waals surface area contributed by atoms with Crippen molar-refractivity contribution >= 4 is 45.8 Å². The molecule has 8 nitrogen and oxygen atoms in total. The molecule has 0 aliphatic rings. The fraction of sp³-hybridized carbons (Fsp3) is 0.0556. The van der Waals surface area contributed by atoms with E-state index in [1.54, 1.807) is 24.3 Å². The molecule has 11 heteroatoms. The Morgan fingerprint density at radius 2 is 1.72 bits per heavy atom. The van der Waals surface area contributed by atoms with Gasteiger partial charge in [-0.1, -0.05) is 42.1 Å². The monoisotopic (exact) mass is 452 g/mol. The molecule has 0 aliphatic heterocycles. The summed E-state index contributed by atoms with van der Waals surface area (Å²) >= 11 is 1.10. The standard InChI is InChI=1S/C18H16N4O4S2.ClH/c19-28(25,26)14-8-6-13(7-9-14)21-17(24)16(12-4-2-1-3-5-12)27-18-20-11-10-15(23)22-18;/h1-11,16H,(H,21,24)(H2,19,25,26)(H,20,22,23);1H. The molecule has 3 rings (SSSR count). The summed E-state index contributed by atoms with van der Waals surface area (Å²) in [6.45, 7) is 0. The maximum absolute atomic E-state index is 12.9. The van der Waals surface area contributed by atoms with E-state index >= 15 is 0 Å². The van der Waals surface area contributed by atoms with E-state index in [1.807, 2.05) is 6.07 Å². The molecule has 152 valence electrons. The van der Waals surface area contributed by atoms with Gasteiger partial charge in [0.2, 0.25) is 15.9 Å². The number of benzene rings is 2. The molecule has 1 atom stereocenters. The lowest BCUT2D eigenvalue weighted by atomic mass is 10.1. The SMILES string of the molecule is Cl.NS(=O)(=O)c1ccc(NC(=O)C(Sc2nccc(=O)[nH]2)c2ccccc2)cc1. The first-order valence-electron chi connectivity index (χ1n) is 8.03. The summed E-state index contributed by atoms with van der Waals surface area (Å²) in [5.41, 5.74) is 0.814. The van der Waals surface area contributed by atoms with Gasteiger partial charge in [0, 0.05) is 18.0 Å². The van der Waals surface area contributed by atoms with Crippen molar-refractivity contribution in [1.29, 1.82) is 0 Å². The van der Waals surface area contributed by atoms with Gasteiger partial charge < -0.3 is 10.3 Å². The van der Waals surface area contributed by atoms with Crippen LogP contribution in [0.25, 0.3) is 0 Å². The van der Waals surface area contributed by atoms with E-state index in [1.165, 1.54) is 36.5 Å². The molecule has 0 radical (unpaired) electrons. The fourth-order valence-electron chi connectivity index (χ4n) is 2.36. The van der Waals surface area contributed by atoms with Crippen molar-refractivity contribution in [3.8, 4) is 0 Å². The van der Waals surface area contributed by atoms with Gasteiger partial charge >= 0.3 is 0 Å². The van der Waals surface area contributed by atoms with Crippen molar-refractivity contribution in [3.63, 3.8) is 0 Å². The maximum atomic E-state index is 12.9. The van der Waals surface area contributed by atoms with Gasteiger partial charge in [0.05, 0.1) is 4.90 Å². The number of carbonyl (C=O) groups excluding carboxylic acids is 1. The van der Waals surface area contributed by atoms with Crippen LogP contribution in [0.2, 0.25) is 0 Å². The number of H-pyrrole nitrogens is 1. The minimum absolute atomic E-state index is 0. The second kappa shape index (κ2) is 9.70. The van der Waals surface area contributed by atoms with Crippen LogP contribution in [-0.2, 0) is 14.8 Å². The second-order valence-corrected chi connectivity index (χ2v) is 8.36. The first kappa shape index (κ1) is 22.6. The number of carbonyl (C=O) groups is 1.